The first-order valence-electron chi connectivity index (χ1n) is 5.34. The Morgan fingerprint density at radius 3 is 2.63 bits per heavy atom. The van der Waals surface area contributed by atoms with Crippen LogP contribution in [0.4, 0.5) is 10.1 Å². The van der Waals surface area contributed by atoms with Gasteiger partial charge in [0.1, 0.15) is 11.6 Å². The van der Waals surface area contributed by atoms with E-state index in [2.05, 4.69) is 21.2 Å². The molecule has 2 rings (SSSR count). The van der Waals surface area contributed by atoms with Crippen molar-refractivity contribution in [3.8, 4) is 5.75 Å². The highest BCUT2D eigenvalue weighted by Gasteiger charge is 2.10. The van der Waals surface area contributed by atoms with Gasteiger partial charge in [0.25, 0.3) is 0 Å². The van der Waals surface area contributed by atoms with Crippen LogP contribution in [0.25, 0.3) is 0 Å². The lowest BCUT2D eigenvalue weighted by Gasteiger charge is -2.12. The van der Waals surface area contributed by atoms with Gasteiger partial charge >= 0.3 is 0 Å². The van der Waals surface area contributed by atoms with E-state index in [1.807, 2.05) is 0 Å². The van der Waals surface area contributed by atoms with E-state index in [-0.39, 0.29) is 15.8 Å². The topological polar surface area (TPSA) is 32.3 Å². The average Bonchev–Trinajstić information content (AvgIpc) is 2.33. The van der Waals surface area contributed by atoms with Crippen molar-refractivity contribution in [2.24, 2.45) is 0 Å². The van der Waals surface area contributed by atoms with Gasteiger partial charge in [0.2, 0.25) is 0 Å². The number of phenols is 1. The SMILES string of the molecule is Oc1c(Cl)cccc1CNc1c(Cl)cc(F)cc1Br. The molecule has 0 amide bonds. The summed E-state index contributed by atoms with van der Waals surface area (Å²) in [4.78, 5) is 0. The van der Waals surface area contributed by atoms with Crippen molar-refractivity contribution in [2.75, 3.05) is 5.32 Å². The first-order chi connectivity index (χ1) is 8.99. The normalized spacial score (nSPS) is 10.5. The van der Waals surface area contributed by atoms with Gasteiger partial charge in [-0.05, 0) is 34.1 Å². The third-order valence-corrected chi connectivity index (χ3v) is 3.76. The Labute approximate surface area is 128 Å². The number of hydrogen-bond acceptors (Lipinski definition) is 2. The quantitative estimate of drug-likeness (QED) is 0.783. The van der Waals surface area contributed by atoms with Crippen LogP contribution in [0.2, 0.25) is 10.0 Å². The van der Waals surface area contributed by atoms with Crippen LogP contribution >= 0.6 is 39.1 Å². The second kappa shape index (κ2) is 5.99. The van der Waals surface area contributed by atoms with E-state index in [0.29, 0.717) is 22.3 Å². The molecule has 0 bridgehead atoms. The highest BCUT2D eigenvalue weighted by molar-refractivity contribution is 9.10. The van der Waals surface area contributed by atoms with Crippen molar-refractivity contribution in [3.05, 3.63) is 56.2 Å². The van der Waals surface area contributed by atoms with E-state index >= 15 is 0 Å². The summed E-state index contributed by atoms with van der Waals surface area (Å²) in [7, 11) is 0. The molecule has 2 aromatic rings. The monoisotopic (exact) mass is 363 g/mol. The van der Waals surface area contributed by atoms with Gasteiger partial charge < -0.3 is 10.4 Å². The highest BCUT2D eigenvalue weighted by Crippen LogP contribution is 2.33. The van der Waals surface area contributed by atoms with Crippen molar-refractivity contribution < 1.29 is 9.50 Å². The maximum absolute atomic E-state index is 13.1. The number of para-hydroxylation sites is 1. The molecule has 0 aliphatic heterocycles. The minimum absolute atomic E-state index is 0.0195. The molecule has 2 N–H and O–H groups in total. The number of phenolic OH excluding ortho intramolecular Hbond substituents is 1. The van der Waals surface area contributed by atoms with Crippen LogP contribution in [-0.2, 0) is 6.54 Å². The maximum Gasteiger partial charge on any atom is 0.139 e. The minimum Gasteiger partial charge on any atom is -0.506 e. The largest absolute Gasteiger partial charge is 0.506 e. The highest BCUT2D eigenvalue weighted by atomic mass is 79.9. The van der Waals surface area contributed by atoms with Gasteiger partial charge in [-0.1, -0.05) is 35.3 Å². The van der Waals surface area contributed by atoms with Crippen LogP contribution in [0, 0.1) is 5.82 Å². The molecule has 0 saturated carbocycles. The number of aromatic hydroxyl groups is 1. The molecule has 0 heterocycles. The first kappa shape index (κ1) is 14.4. The van der Waals surface area contributed by atoms with Crippen LogP contribution in [-0.4, -0.2) is 5.11 Å². The van der Waals surface area contributed by atoms with Crippen molar-refractivity contribution in [3.63, 3.8) is 0 Å². The molecule has 0 saturated heterocycles. The molecule has 0 radical (unpaired) electrons. The summed E-state index contributed by atoms with van der Waals surface area (Å²) in [6.07, 6.45) is 0. The fourth-order valence-corrected chi connectivity index (χ4v) is 2.75. The van der Waals surface area contributed by atoms with Crippen molar-refractivity contribution in [1.29, 1.82) is 0 Å². The van der Waals surface area contributed by atoms with Crippen LogP contribution in [0.15, 0.2) is 34.8 Å². The molecule has 100 valence electrons. The van der Waals surface area contributed by atoms with Gasteiger partial charge in [0, 0.05) is 16.6 Å². The third kappa shape index (κ3) is 3.32. The van der Waals surface area contributed by atoms with Crippen molar-refractivity contribution >= 4 is 44.8 Å². The Bertz CT molecular complexity index is 599. The van der Waals surface area contributed by atoms with Crippen LogP contribution < -0.4 is 5.32 Å². The van der Waals surface area contributed by atoms with Gasteiger partial charge in [0.15, 0.2) is 0 Å². The second-order valence-corrected chi connectivity index (χ2v) is 5.51. The van der Waals surface area contributed by atoms with Crippen molar-refractivity contribution in [1.82, 2.24) is 0 Å². The molecule has 0 unspecified atom stereocenters. The maximum atomic E-state index is 13.1. The number of halogens is 4. The Kier molecular flexibility index (Phi) is 4.55. The number of nitrogens with one attached hydrogen (secondary N) is 1. The summed E-state index contributed by atoms with van der Waals surface area (Å²) < 4.78 is 13.6. The van der Waals surface area contributed by atoms with Gasteiger partial charge in [-0.3, -0.25) is 0 Å². The molecular formula is C13H9BrCl2FNO. The fraction of sp³-hybridized carbons (Fsp3) is 0.0769. The van der Waals surface area contributed by atoms with Gasteiger partial charge in [-0.2, -0.15) is 0 Å². The molecule has 6 heteroatoms. The van der Waals surface area contributed by atoms with Gasteiger partial charge in [0.05, 0.1) is 15.7 Å². The minimum atomic E-state index is -0.423. The number of anilines is 1. The Morgan fingerprint density at radius 1 is 1.21 bits per heavy atom. The van der Waals surface area contributed by atoms with Crippen LogP contribution in [0.5, 0.6) is 5.75 Å². The average molecular weight is 365 g/mol. The number of hydrogen-bond donors (Lipinski definition) is 2. The smallest absolute Gasteiger partial charge is 0.139 e. The summed E-state index contributed by atoms with van der Waals surface area (Å²) in [6, 6.07) is 7.60. The standard InChI is InChI=1S/C13H9BrCl2FNO/c14-9-4-8(17)5-11(16)12(9)18-6-7-2-1-3-10(15)13(7)19/h1-5,18-19H,6H2. The summed E-state index contributed by atoms with van der Waals surface area (Å²) in [6.45, 7) is 0.316. The van der Waals surface area contributed by atoms with Crippen LogP contribution in [0.3, 0.4) is 0 Å². The van der Waals surface area contributed by atoms with E-state index in [1.54, 1.807) is 18.2 Å². The predicted octanol–water partition coefficient (Wildman–Crippen LogP) is 5.21. The van der Waals surface area contributed by atoms with Crippen molar-refractivity contribution in [2.45, 2.75) is 6.54 Å². The Morgan fingerprint density at radius 2 is 1.95 bits per heavy atom. The van der Waals surface area contributed by atoms with Gasteiger partial charge in [-0.25, -0.2) is 4.39 Å². The molecule has 0 atom stereocenters. The second-order valence-electron chi connectivity index (χ2n) is 3.85. The molecular weight excluding hydrogens is 356 g/mol. The van der Waals surface area contributed by atoms with E-state index in [9.17, 15) is 9.50 Å². The summed E-state index contributed by atoms with van der Waals surface area (Å²) >= 11 is 15.0. The Hall–Kier alpha value is -0.970. The third-order valence-electron chi connectivity index (χ3n) is 2.53. The molecule has 0 aromatic heterocycles. The molecule has 0 aliphatic carbocycles. The molecule has 2 aromatic carbocycles. The van der Waals surface area contributed by atoms with Gasteiger partial charge in [-0.15, -0.1) is 0 Å². The molecule has 2 nitrogen and oxygen atoms in total. The summed E-state index contributed by atoms with van der Waals surface area (Å²) in [5.74, 6) is -0.404. The molecule has 19 heavy (non-hydrogen) atoms. The lowest BCUT2D eigenvalue weighted by molar-refractivity contribution is 0.469. The summed E-state index contributed by atoms with van der Waals surface area (Å²) in [5, 5.41) is 13.3. The van der Waals surface area contributed by atoms with E-state index in [0.717, 1.165) is 0 Å². The molecule has 0 fully saturated rings. The number of rotatable bonds is 3. The zero-order chi connectivity index (χ0) is 14.0. The zero-order valence-electron chi connectivity index (χ0n) is 9.55. The lowest BCUT2D eigenvalue weighted by atomic mass is 10.2. The zero-order valence-corrected chi connectivity index (χ0v) is 12.7. The first-order valence-corrected chi connectivity index (χ1v) is 6.88. The predicted molar refractivity (Wildman–Crippen MR) is 79.6 cm³/mol. The molecule has 0 spiro atoms. The van der Waals surface area contributed by atoms with E-state index < -0.39 is 5.82 Å². The lowest BCUT2D eigenvalue weighted by Crippen LogP contribution is -2.01. The Balaban J connectivity index is 2.22. The summed E-state index contributed by atoms with van der Waals surface area (Å²) in [5.41, 5.74) is 1.18. The van der Waals surface area contributed by atoms with Crippen LogP contribution in [0.1, 0.15) is 5.56 Å². The fourth-order valence-electron chi connectivity index (χ4n) is 1.60. The van der Waals surface area contributed by atoms with E-state index in [4.69, 9.17) is 23.2 Å². The number of benzene rings is 2. The van der Waals surface area contributed by atoms with E-state index in [1.165, 1.54) is 12.1 Å². The molecule has 0 aliphatic rings.